The Labute approximate surface area is 150 Å². The van der Waals surface area contributed by atoms with E-state index < -0.39 is 17.4 Å². The van der Waals surface area contributed by atoms with Gasteiger partial charge in [0.2, 0.25) is 0 Å². The molecule has 0 heterocycles. The van der Waals surface area contributed by atoms with Crippen molar-refractivity contribution >= 4 is 11.9 Å². The number of allylic oxidation sites excluding steroid dienone is 1. The Bertz CT molecular complexity index is 712. The number of hydrogen-bond donors (Lipinski definition) is 0. The fraction of sp³-hybridized carbons (Fsp3) is 0.565. The van der Waals surface area contributed by atoms with Crippen LogP contribution in [0.5, 0.6) is 0 Å². The third kappa shape index (κ3) is 3.45. The average molecular weight is 344 g/mol. The van der Waals surface area contributed by atoms with Gasteiger partial charge in [0.1, 0.15) is 5.83 Å². The molecule has 0 aliphatic heterocycles. The largest absolute Gasteiger partial charge is 0.239 e. The molecule has 2 atom stereocenters. The van der Waals surface area contributed by atoms with E-state index in [0.717, 1.165) is 43.2 Å². The molecule has 1 aromatic rings. The number of rotatable bonds is 6. The van der Waals surface area contributed by atoms with Gasteiger partial charge in [0.15, 0.2) is 6.17 Å². The maximum atomic E-state index is 15.5. The number of fused-ring (bicyclic) bond motifs is 1. The second-order valence-electron chi connectivity index (χ2n) is 7.89. The summed E-state index contributed by atoms with van der Waals surface area (Å²) in [6, 6.07) is 7.32. The van der Waals surface area contributed by atoms with Crippen LogP contribution in [0, 0.1) is 17.3 Å². The van der Waals surface area contributed by atoms with Gasteiger partial charge in [0, 0.05) is 10.6 Å². The second kappa shape index (κ2) is 7.85. The predicted molar refractivity (Wildman–Crippen MR) is 102 cm³/mol. The highest BCUT2D eigenvalue weighted by Crippen LogP contribution is 2.51. The van der Waals surface area contributed by atoms with E-state index >= 15 is 4.39 Å². The van der Waals surface area contributed by atoms with Crippen molar-refractivity contribution in [1.82, 2.24) is 0 Å². The van der Waals surface area contributed by atoms with E-state index in [4.69, 9.17) is 0 Å². The van der Waals surface area contributed by atoms with Gasteiger partial charge in [-0.2, -0.15) is 0 Å². The molecular weight excluding hydrogens is 314 g/mol. The van der Waals surface area contributed by atoms with Crippen molar-refractivity contribution in [1.29, 1.82) is 0 Å². The second-order valence-corrected chi connectivity index (χ2v) is 7.89. The maximum Gasteiger partial charge on any atom is 0.161 e. The standard InChI is InChI=1S/C23H30F2/c1-3-5-15-23(19-13-11-17(8-4-2)12-14-19)16-18-9-6-7-10-20(18)21(24)22(23)25/h3,6-7,9-10,16-17,19,22H,1,4-5,8,11-15H2,2H3. The van der Waals surface area contributed by atoms with E-state index in [1.807, 2.05) is 18.2 Å². The third-order valence-electron chi connectivity index (χ3n) is 6.42. The van der Waals surface area contributed by atoms with Gasteiger partial charge in [-0.3, -0.25) is 0 Å². The van der Waals surface area contributed by atoms with Crippen LogP contribution < -0.4 is 10.4 Å². The number of alkyl halides is 1. The minimum absolute atomic E-state index is 0.217. The van der Waals surface area contributed by atoms with Gasteiger partial charge in [0.05, 0.1) is 0 Å². The molecule has 2 aliphatic rings. The zero-order valence-corrected chi connectivity index (χ0v) is 15.3. The Morgan fingerprint density at radius 3 is 2.60 bits per heavy atom. The first-order chi connectivity index (χ1) is 12.1. The SMILES string of the molecule is C=CCCC1(C2CCC(CCC)CC2)C=c2ccccc2=C(F)C1F. The lowest BCUT2D eigenvalue weighted by Crippen LogP contribution is -2.48. The molecule has 1 saturated carbocycles. The van der Waals surface area contributed by atoms with E-state index in [2.05, 4.69) is 19.6 Å². The first kappa shape index (κ1) is 18.4. The van der Waals surface area contributed by atoms with Crippen molar-refractivity contribution in [2.45, 2.75) is 64.5 Å². The van der Waals surface area contributed by atoms with Crippen LogP contribution in [0.25, 0.3) is 11.9 Å². The normalized spacial score (nSPS) is 32.0. The van der Waals surface area contributed by atoms with E-state index in [-0.39, 0.29) is 5.92 Å². The highest BCUT2D eigenvalue weighted by Gasteiger charge is 2.48. The van der Waals surface area contributed by atoms with Crippen LogP contribution in [0.4, 0.5) is 8.78 Å². The average Bonchev–Trinajstić information content (AvgIpc) is 2.64. The van der Waals surface area contributed by atoms with Gasteiger partial charge >= 0.3 is 0 Å². The molecule has 2 unspecified atom stereocenters. The van der Waals surface area contributed by atoms with Crippen LogP contribution in [0.2, 0.25) is 0 Å². The number of halogens is 2. The summed E-state index contributed by atoms with van der Waals surface area (Å²) in [7, 11) is 0. The topological polar surface area (TPSA) is 0 Å². The van der Waals surface area contributed by atoms with E-state index in [9.17, 15) is 4.39 Å². The van der Waals surface area contributed by atoms with Crippen molar-refractivity contribution in [2.24, 2.45) is 17.3 Å². The van der Waals surface area contributed by atoms with Crippen LogP contribution in [0.3, 0.4) is 0 Å². The molecule has 0 amide bonds. The first-order valence-electron chi connectivity index (χ1n) is 9.85. The van der Waals surface area contributed by atoms with Gasteiger partial charge < -0.3 is 0 Å². The quantitative estimate of drug-likeness (QED) is 0.602. The molecule has 1 fully saturated rings. The van der Waals surface area contributed by atoms with Gasteiger partial charge in [-0.25, -0.2) is 8.78 Å². The third-order valence-corrected chi connectivity index (χ3v) is 6.42. The van der Waals surface area contributed by atoms with Crippen LogP contribution in [0.15, 0.2) is 36.9 Å². The van der Waals surface area contributed by atoms with E-state index in [1.165, 1.54) is 12.8 Å². The van der Waals surface area contributed by atoms with Crippen molar-refractivity contribution in [3.8, 4) is 0 Å². The summed E-state index contributed by atoms with van der Waals surface area (Å²) in [5, 5.41) is 1.29. The van der Waals surface area contributed by atoms with Crippen molar-refractivity contribution in [2.75, 3.05) is 0 Å². The molecule has 0 spiro atoms. The maximum absolute atomic E-state index is 15.5. The lowest BCUT2D eigenvalue weighted by Gasteiger charge is -2.45. The van der Waals surface area contributed by atoms with Crippen LogP contribution in [0.1, 0.15) is 58.3 Å². The Balaban J connectivity index is 1.98. The fourth-order valence-corrected chi connectivity index (χ4v) is 5.05. The minimum Gasteiger partial charge on any atom is -0.239 e. The molecule has 0 aromatic heterocycles. The van der Waals surface area contributed by atoms with E-state index in [0.29, 0.717) is 11.6 Å². The summed E-state index contributed by atoms with van der Waals surface area (Å²) in [5.41, 5.74) is -0.718. The van der Waals surface area contributed by atoms with Crippen molar-refractivity contribution < 1.29 is 8.78 Å². The number of hydrogen-bond acceptors (Lipinski definition) is 0. The molecule has 0 saturated heterocycles. The summed E-state index contributed by atoms with van der Waals surface area (Å²) >= 11 is 0. The smallest absolute Gasteiger partial charge is 0.161 e. The monoisotopic (exact) mass is 344 g/mol. The van der Waals surface area contributed by atoms with Crippen molar-refractivity contribution in [3.05, 3.63) is 47.4 Å². The van der Waals surface area contributed by atoms with Crippen LogP contribution >= 0.6 is 0 Å². The summed E-state index contributed by atoms with van der Waals surface area (Å²) in [6.07, 6.45) is 10.5. The zero-order valence-electron chi connectivity index (χ0n) is 15.3. The molecule has 136 valence electrons. The highest BCUT2D eigenvalue weighted by molar-refractivity contribution is 5.55. The van der Waals surface area contributed by atoms with Crippen LogP contribution in [-0.4, -0.2) is 6.17 Å². The molecule has 2 heteroatoms. The lowest BCUT2D eigenvalue weighted by molar-refractivity contribution is 0.0771. The molecule has 3 rings (SSSR count). The summed E-state index contributed by atoms with van der Waals surface area (Å²) < 4.78 is 30.4. The molecule has 0 nitrogen and oxygen atoms in total. The van der Waals surface area contributed by atoms with Crippen LogP contribution in [-0.2, 0) is 0 Å². The van der Waals surface area contributed by atoms with Gasteiger partial charge in [-0.05, 0) is 42.7 Å². The van der Waals surface area contributed by atoms with E-state index in [1.54, 1.807) is 12.1 Å². The molecule has 0 bridgehead atoms. The van der Waals surface area contributed by atoms with Gasteiger partial charge in [-0.15, -0.1) is 6.58 Å². The first-order valence-corrected chi connectivity index (χ1v) is 9.85. The summed E-state index contributed by atoms with van der Waals surface area (Å²) in [5.74, 6) is 0.410. The minimum atomic E-state index is -1.53. The molecule has 25 heavy (non-hydrogen) atoms. The lowest BCUT2D eigenvalue weighted by atomic mass is 9.60. The molecule has 0 radical (unpaired) electrons. The predicted octanol–water partition coefficient (Wildman–Crippen LogP) is 5.46. The number of benzene rings is 1. The van der Waals surface area contributed by atoms with Gasteiger partial charge in [0.25, 0.3) is 0 Å². The molecular formula is C23H30F2. The Morgan fingerprint density at radius 1 is 1.20 bits per heavy atom. The Hall–Kier alpha value is -1.44. The molecule has 2 aliphatic carbocycles. The Morgan fingerprint density at radius 2 is 1.92 bits per heavy atom. The van der Waals surface area contributed by atoms with Crippen molar-refractivity contribution in [3.63, 3.8) is 0 Å². The van der Waals surface area contributed by atoms with Gasteiger partial charge in [-0.1, -0.05) is 69.0 Å². The Kier molecular flexibility index (Phi) is 5.76. The zero-order chi connectivity index (χ0) is 17.9. The highest BCUT2D eigenvalue weighted by atomic mass is 19.2. The summed E-state index contributed by atoms with van der Waals surface area (Å²) in [6.45, 7) is 6.04. The summed E-state index contributed by atoms with van der Waals surface area (Å²) in [4.78, 5) is 0. The molecule has 1 aromatic carbocycles. The molecule has 0 N–H and O–H groups in total. The fourth-order valence-electron chi connectivity index (χ4n) is 5.05.